The van der Waals surface area contributed by atoms with Crippen molar-refractivity contribution in [3.05, 3.63) is 181 Å². The van der Waals surface area contributed by atoms with Gasteiger partial charge in [-0.05, 0) is 103 Å². The Kier molecular flexibility index (Phi) is 8.84. The lowest BCUT2D eigenvalue weighted by Crippen LogP contribution is -2.66. The molecule has 2 fully saturated rings. The largest absolute Gasteiger partial charge is 0.486 e. The molecule has 8 nitrogen and oxygen atoms in total. The van der Waals surface area contributed by atoms with E-state index in [1.807, 2.05) is 119 Å². The molecule has 0 N–H and O–H groups in total. The first-order valence-electron chi connectivity index (χ1n) is 20.5. The summed E-state index contributed by atoms with van der Waals surface area (Å²) < 4.78 is 25.9. The molecule has 0 saturated carbocycles. The Morgan fingerprint density at radius 1 is 0.400 bits per heavy atom. The Morgan fingerprint density at radius 2 is 0.717 bits per heavy atom. The Bertz CT molecular complexity index is 2700. The number of para-hydroxylation sites is 4. The molecule has 294 valence electrons. The number of hydrogen-bond acceptors (Lipinski definition) is 6. The summed E-state index contributed by atoms with van der Waals surface area (Å²) >= 11 is 0. The summed E-state index contributed by atoms with van der Waals surface area (Å²) in [6.45, 7) is 1.08. The lowest BCUT2D eigenvalue weighted by molar-refractivity contribution is -0.172. The van der Waals surface area contributed by atoms with Crippen LogP contribution in [-0.2, 0) is 9.59 Å². The van der Waals surface area contributed by atoms with Crippen molar-refractivity contribution in [1.82, 2.24) is 9.80 Å². The number of benzene rings is 8. The van der Waals surface area contributed by atoms with Gasteiger partial charge < -0.3 is 28.7 Å². The normalized spacial score (nSPS) is 21.1. The maximum Gasteiger partial charge on any atom is 0.266 e. The zero-order valence-corrected chi connectivity index (χ0v) is 32.6. The quantitative estimate of drug-likeness (QED) is 0.0987. The van der Waals surface area contributed by atoms with E-state index in [1.165, 1.54) is 0 Å². The summed E-state index contributed by atoms with van der Waals surface area (Å²) in [7, 11) is 0. The molecule has 5 heterocycles. The van der Waals surface area contributed by atoms with E-state index in [0.717, 1.165) is 54.2 Å². The second-order valence-corrected chi connectivity index (χ2v) is 15.5. The first-order valence-corrected chi connectivity index (χ1v) is 20.5. The SMILES string of the molecule is O=C1[C@H]2Oc3ccccc3OC/C=C\COc3ccccc3O[C@H]3C(=O)N(CCN1[C@@H]2c1c2ccccc2cc2ccccc12)[C@H]3c1c2ccccc2cc2ccccc12. The highest BCUT2D eigenvalue weighted by atomic mass is 16.5. The minimum absolute atomic E-state index is 0.153. The van der Waals surface area contributed by atoms with Crippen LogP contribution < -0.4 is 18.9 Å². The maximum absolute atomic E-state index is 14.7. The lowest BCUT2D eigenvalue weighted by Gasteiger charge is -2.51. The third-order valence-electron chi connectivity index (χ3n) is 12.1. The topological polar surface area (TPSA) is 77.5 Å². The molecule has 2 saturated heterocycles. The van der Waals surface area contributed by atoms with E-state index in [9.17, 15) is 9.59 Å². The van der Waals surface area contributed by atoms with Crippen LogP contribution in [0.5, 0.6) is 23.0 Å². The third-order valence-corrected chi connectivity index (χ3v) is 12.1. The molecule has 0 unspecified atom stereocenters. The van der Waals surface area contributed by atoms with Gasteiger partial charge >= 0.3 is 0 Å². The molecule has 0 aliphatic carbocycles. The lowest BCUT2D eigenvalue weighted by atomic mass is 9.83. The summed E-state index contributed by atoms with van der Waals surface area (Å²) in [5.41, 5.74) is 2.03. The number of nitrogens with zero attached hydrogens (tertiary/aromatic N) is 2. The van der Waals surface area contributed by atoms with Crippen LogP contribution in [0.15, 0.2) is 170 Å². The Balaban J connectivity index is 1.06. The van der Waals surface area contributed by atoms with Crippen LogP contribution in [0.2, 0.25) is 0 Å². The molecule has 60 heavy (non-hydrogen) atoms. The highest BCUT2D eigenvalue weighted by molar-refractivity contribution is 6.06. The molecule has 8 heteroatoms. The first-order chi connectivity index (χ1) is 29.6. The van der Waals surface area contributed by atoms with Gasteiger partial charge in [0.25, 0.3) is 11.8 Å². The van der Waals surface area contributed by atoms with Gasteiger partial charge in [-0.3, -0.25) is 9.59 Å². The fourth-order valence-corrected chi connectivity index (χ4v) is 9.35. The van der Waals surface area contributed by atoms with Gasteiger partial charge in [-0.2, -0.15) is 0 Å². The van der Waals surface area contributed by atoms with Crippen LogP contribution in [0.3, 0.4) is 0 Å². The minimum Gasteiger partial charge on any atom is -0.486 e. The van der Waals surface area contributed by atoms with Gasteiger partial charge in [-0.15, -0.1) is 0 Å². The van der Waals surface area contributed by atoms with Gasteiger partial charge in [0.2, 0.25) is 12.2 Å². The van der Waals surface area contributed by atoms with Crippen LogP contribution in [-0.4, -0.2) is 60.1 Å². The average Bonchev–Trinajstić information content (AvgIpc) is 3.29. The number of rotatable bonds is 2. The van der Waals surface area contributed by atoms with Gasteiger partial charge in [0, 0.05) is 13.1 Å². The van der Waals surface area contributed by atoms with E-state index in [1.54, 1.807) is 0 Å². The monoisotopic (exact) mass is 788 g/mol. The number of carbonyl (C=O) groups is 2. The number of carbonyl (C=O) groups excluding carboxylic acids is 2. The predicted octanol–water partition coefficient (Wildman–Crippen LogP) is 9.99. The molecule has 8 aromatic rings. The van der Waals surface area contributed by atoms with E-state index >= 15 is 0 Å². The second-order valence-electron chi connectivity index (χ2n) is 15.5. The molecular weight excluding hydrogens is 749 g/mol. The first kappa shape index (κ1) is 35.8. The number of amides is 2. The Labute approximate surface area is 346 Å². The van der Waals surface area contributed by atoms with Gasteiger partial charge in [0.05, 0.1) is 0 Å². The molecule has 2 amide bonds. The molecule has 0 spiro atoms. The molecule has 5 aliphatic heterocycles. The molecule has 0 aromatic heterocycles. The van der Waals surface area contributed by atoms with Gasteiger partial charge in [0.15, 0.2) is 23.0 Å². The van der Waals surface area contributed by atoms with E-state index < -0.39 is 24.3 Å². The fraction of sp³-hybridized carbons (Fsp3) is 0.154. The summed E-state index contributed by atoms with van der Waals surface area (Å²) in [4.78, 5) is 33.1. The average molecular weight is 789 g/mol. The van der Waals surface area contributed by atoms with Crippen molar-refractivity contribution < 1.29 is 28.5 Å². The van der Waals surface area contributed by atoms with Crippen molar-refractivity contribution in [2.24, 2.45) is 0 Å². The van der Waals surface area contributed by atoms with Crippen molar-refractivity contribution in [1.29, 1.82) is 0 Å². The number of fused-ring (bicyclic) bond motifs is 4. The fourth-order valence-electron chi connectivity index (χ4n) is 9.35. The number of ether oxygens (including phenoxy) is 4. The van der Waals surface area contributed by atoms with Gasteiger partial charge in [0.1, 0.15) is 25.3 Å². The van der Waals surface area contributed by atoms with Crippen molar-refractivity contribution in [3.8, 4) is 23.0 Å². The van der Waals surface area contributed by atoms with Crippen LogP contribution in [0, 0.1) is 0 Å². The van der Waals surface area contributed by atoms with Gasteiger partial charge in [-0.1, -0.05) is 121 Å². The van der Waals surface area contributed by atoms with Crippen LogP contribution >= 0.6 is 0 Å². The summed E-state index contributed by atoms with van der Waals surface area (Å²) in [5.74, 6) is 1.73. The third kappa shape index (κ3) is 5.98. The van der Waals surface area contributed by atoms with E-state index in [0.29, 0.717) is 23.0 Å². The molecule has 4 atom stereocenters. The smallest absolute Gasteiger partial charge is 0.266 e. The van der Waals surface area contributed by atoms with Crippen LogP contribution in [0.4, 0.5) is 0 Å². The van der Waals surface area contributed by atoms with E-state index in [2.05, 4.69) is 60.7 Å². The van der Waals surface area contributed by atoms with Crippen LogP contribution in [0.1, 0.15) is 23.2 Å². The summed E-state index contributed by atoms with van der Waals surface area (Å²) in [5, 5.41) is 8.49. The predicted molar refractivity (Wildman–Crippen MR) is 234 cm³/mol. The van der Waals surface area contributed by atoms with Crippen molar-refractivity contribution in [2.75, 3.05) is 26.3 Å². The minimum atomic E-state index is -0.837. The maximum atomic E-state index is 14.7. The molecule has 13 rings (SSSR count). The van der Waals surface area contributed by atoms with Crippen molar-refractivity contribution in [3.63, 3.8) is 0 Å². The zero-order chi connectivity index (χ0) is 40.2. The molecule has 4 bridgehead atoms. The van der Waals surface area contributed by atoms with Crippen molar-refractivity contribution >= 4 is 54.9 Å². The molecule has 0 radical (unpaired) electrons. The number of β-lactam (4-membered cyclic amide) rings is 2. The summed E-state index contributed by atoms with van der Waals surface area (Å²) in [6.07, 6.45) is 2.09. The van der Waals surface area contributed by atoms with E-state index in [-0.39, 0.29) is 38.1 Å². The number of hydrogen-bond donors (Lipinski definition) is 0. The van der Waals surface area contributed by atoms with E-state index in [4.69, 9.17) is 18.9 Å². The highest BCUT2D eigenvalue weighted by Crippen LogP contribution is 2.48. The van der Waals surface area contributed by atoms with Crippen LogP contribution in [0.25, 0.3) is 43.1 Å². The second kappa shape index (κ2) is 14.8. The Hall–Kier alpha value is -7.32. The highest BCUT2D eigenvalue weighted by Gasteiger charge is 2.55. The Morgan fingerprint density at radius 3 is 1.08 bits per heavy atom. The summed E-state index contributed by atoms with van der Waals surface area (Å²) in [6, 6.07) is 51.6. The molecular formula is C52H40N2O6. The molecule has 8 aromatic carbocycles. The van der Waals surface area contributed by atoms with Crippen molar-refractivity contribution in [2.45, 2.75) is 24.3 Å². The standard InChI is InChI=1S/C52H40N2O6/c55-51-49-47(45-37-19-5-1-15-33(37)31-34-16-2-6-20-38(34)45)53(51)27-28-54-48(46-39-21-7-3-17-35(39)32-36-18-4-8-22-40(36)46)50(52(54)56)60-44-26-12-10-24-42(44)58-30-14-13-29-57-41-23-9-11-25-43(41)59-49/h1-26,31-32,47-50H,27-30H2/b14-13-/t47-,48+,49+,50-. The molecule has 5 aliphatic rings. The zero-order valence-electron chi connectivity index (χ0n) is 32.6. The van der Waals surface area contributed by atoms with Gasteiger partial charge in [-0.25, -0.2) is 0 Å².